The first-order chi connectivity index (χ1) is 14.7. The van der Waals surface area contributed by atoms with Gasteiger partial charge in [0.25, 0.3) is 0 Å². The van der Waals surface area contributed by atoms with Crippen molar-refractivity contribution in [2.45, 2.75) is 72.6 Å². The number of nitrogens with zero attached hydrogens (tertiary/aromatic N) is 1. The zero-order valence-electron chi connectivity index (χ0n) is 20.3. The van der Waals surface area contributed by atoms with E-state index in [4.69, 9.17) is 14.0 Å². The third-order valence-electron chi connectivity index (χ3n) is 6.59. The van der Waals surface area contributed by atoms with Gasteiger partial charge in [0.15, 0.2) is 0 Å². The first-order valence-corrected chi connectivity index (χ1v) is 11.1. The third-order valence-corrected chi connectivity index (χ3v) is 6.59. The van der Waals surface area contributed by atoms with Crippen LogP contribution >= 0.6 is 0 Å². The number of esters is 1. The van der Waals surface area contributed by atoms with Gasteiger partial charge in [-0.25, -0.2) is 4.79 Å². The van der Waals surface area contributed by atoms with Crippen molar-refractivity contribution in [2.75, 3.05) is 13.2 Å². The standard InChI is InChI=1S/C24H34BNO6/c1-9-30-21(29)17-13-26(19(14-27)22(2,3)4)18-11-10-15(12-16(18)20(17)28)25-31-23(5,6)24(7,8)32-25/h10-13,19,27H,9,14H2,1-8H3/t19-/m1/s1. The van der Waals surface area contributed by atoms with E-state index in [9.17, 15) is 14.7 Å². The molecule has 0 bridgehead atoms. The van der Waals surface area contributed by atoms with Gasteiger partial charge in [-0.15, -0.1) is 0 Å². The molecule has 1 aliphatic heterocycles. The molecule has 0 spiro atoms. The molecule has 8 heteroatoms. The Kier molecular flexibility index (Phi) is 6.37. The Labute approximate surface area is 189 Å². The molecule has 174 valence electrons. The van der Waals surface area contributed by atoms with Crippen molar-refractivity contribution in [1.82, 2.24) is 4.57 Å². The molecular formula is C24H34BNO6. The van der Waals surface area contributed by atoms with Crippen molar-refractivity contribution in [3.8, 4) is 0 Å². The fourth-order valence-corrected chi connectivity index (χ4v) is 3.89. The van der Waals surface area contributed by atoms with Gasteiger partial charge in [-0.2, -0.15) is 0 Å². The molecule has 3 rings (SSSR count). The molecule has 1 aliphatic rings. The molecule has 0 saturated carbocycles. The molecule has 1 saturated heterocycles. The van der Waals surface area contributed by atoms with Crippen LogP contribution in [0.3, 0.4) is 0 Å². The summed E-state index contributed by atoms with van der Waals surface area (Å²) < 4.78 is 19.2. The molecule has 32 heavy (non-hydrogen) atoms. The van der Waals surface area contributed by atoms with E-state index in [1.54, 1.807) is 17.6 Å². The minimum atomic E-state index is -0.681. The van der Waals surface area contributed by atoms with Gasteiger partial charge < -0.3 is 23.7 Å². The summed E-state index contributed by atoms with van der Waals surface area (Å²) in [6, 6.07) is 5.04. The second-order valence-electron chi connectivity index (χ2n) is 10.4. The number of carbonyl (C=O) groups is 1. The lowest BCUT2D eigenvalue weighted by molar-refractivity contribution is 0.00578. The topological polar surface area (TPSA) is 87.0 Å². The quantitative estimate of drug-likeness (QED) is 0.565. The molecule has 0 aliphatic carbocycles. The Morgan fingerprint density at radius 2 is 1.78 bits per heavy atom. The van der Waals surface area contributed by atoms with Crippen LogP contribution in [0.4, 0.5) is 0 Å². The molecule has 7 nitrogen and oxygen atoms in total. The van der Waals surface area contributed by atoms with Gasteiger partial charge >= 0.3 is 13.1 Å². The average molecular weight is 443 g/mol. The highest BCUT2D eigenvalue weighted by Crippen LogP contribution is 2.37. The van der Waals surface area contributed by atoms with E-state index in [2.05, 4.69) is 0 Å². The van der Waals surface area contributed by atoms with E-state index in [1.165, 1.54) is 6.20 Å². The molecule has 1 fully saturated rings. The lowest BCUT2D eigenvalue weighted by atomic mass is 9.78. The molecule has 1 atom stereocenters. The van der Waals surface area contributed by atoms with Crippen LogP contribution in [0.25, 0.3) is 10.9 Å². The van der Waals surface area contributed by atoms with Crippen molar-refractivity contribution in [1.29, 1.82) is 0 Å². The zero-order chi connectivity index (χ0) is 24.1. The van der Waals surface area contributed by atoms with E-state index in [0.717, 1.165) is 0 Å². The highest BCUT2D eigenvalue weighted by Gasteiger charge is 2.51. The summed E-state index contributed by atoms with van der Waals surface area (Å²) in [7, 11) is -0.639. The number of fused-ring (bicyclic) bond motifs is 1. The number of aromatic nitrogens is 1. The Bertz CT molecular complexity index is 1070. The number of aliphatic hydroxyl groups excluding tert-OH is 1. The normalized spacial score (nSPS) is 18.7. The fourth-order valence-electron chi connectivity index (χ4n) is 3.89. The van der Waals surface area contributed by atoms with Gasteiger partial charge in [-0.1, -0.05) is 26.8 Å². The van der Waals surface area contributed by atoms with E-state index >= 15 is 0 Å². The Morgan fingerprint density at radius 3 is 2.28 bits per heavy atom. The molecule has 1 aromatic carbocycles. The van der Waals surface area contributed by atoms with Crippen molar-refractivity contribution in [3.05, 3.63) is 40.2 Å². The van der Waals surface area contributed by atoms with Crippen molar-refractivity contribution < 1.29 is 23.9 Å². The van der Waals surface area contributed by atoms with Gasteiger partial charge in [0, 0.05) is 11.6 Å². The molecule has 2 aromatic rings. The Morgan fingerprint density at radius 1 is 1.19 bits per heavy atom. The van der Waals surface area contributed by atoms with Crippen molar-refractivity contribution >= 4 is 29.5 Å². The molecule has 1 aromatic heterocycles. The summed E-state index contributed by atoms with van der Waals surface area (Å²) in [5, 5.41) is 10.5. The summed E-state index contributed by atoms with van der Waals surface area (Å²) in [5.41, 5.74) is -0.532. The lowest BCUT2D eigenvalue weighted by Gasteiger charge is -2.33. The number of benzene rings is 1. The minimum Gasteiger partial charge on any atom is -0.462 e. The highest BCUT2D eigenvalue weighted by atomic mass is 16.7. The minimum absolute atomic E-state index is 0.0619. The molecule has 0 unspecified atom stereocenters. The molecule has 0 radical (unpaired) electrons. The maximum Gasteiger partial charge on any atom is 0.494 e. The number of aliphatic hydroxyl groups is 1. The largest absolute Gasteiger partial charge is 0.494 e. The number of carbonyl (C=O) groups excluding carboxylic acids is 1. The van der Waals surface area contributed by atoms with Crippen LogP contribution in [-0.2, 0) is 14.0 Å². The molecular weight excluding hydrogens is 409 g/mol. The van der Waals surface area contributed by atoms with Crippen molar-refractivity contribution in [2.24, 2.45) is 5.41 Å². The number of rotatable bonds is 5. The Balaban J connectivity index is 2.24. The SMILES string of the molecule is CCOC(=O)c1cn([C@H](CO)C(C)(C)C)c2ccc(B3OC(C)(C)C(C)(C)O3)cc2c1=O. The van der Waals surface area contributed by atoms with Crippen molar-refractivity contribution in [3.63, 3.8) is 0 Å². The summed E-state index contributed by atoms with van der Waals surface area (Å²) >= 11 is 0. The van der Waals surface area contributed by atoms with Gasteiger partial charge in [-0.05, 0) is 57.6 Å². The van der Waals surface area contributed by atoms with E-state index in [-0.39, 0.29) is 30.2 Å². The van der Waals surface area contributed by atoms with Gasteiger partial charge in [0.1, 0.15) is 5.56 Å². The number of hydrogen-bond acceptors (Lipinski definition) is 6. The van der Waals surface area contributed by atoms with Crippen LogP contribution in [-0.4, -0.2) is 47.2 Å². The number of hydrogen-bond donors (Lipinski definition) is 1. The summed E-state index contributed by atoms with van der Waals surface area (Å²) in [5.74, 6) is -0.681. The van der Waals surface area contributed by atoms with Gasteiger partial charge in [0.05, 0.1) is 36.0 Å². The summed E-state index contributed by atoms with van der Waals surface area (Å²) in [6.07, 6.45) is 1.50. The Hall–Kier alpha value is -2.16. The van der Waals surface area contributed by atoms with Crippen LogP contribution in [0.5, 0.6) is 0 Å². The zero-order valence-corrected chi connectivity index (χ0v) is 20.3. The smallest absolute Gasteiger partial charge is 0.462 e. The lowest BCUT2D eigenvalue weighted by Crippen LogP contribution is -2.41. The van der Waals surface area contributed by atoms with Crippen LogP contribution < -0.4 is 10.9 Å². The highest BCUT2D eigenvalue weighted by molar-refractivity contribution is 6.62. The average Bonchev–Trinajstić information content (AvgIpc) is 2.90. The first kappa shape index (κ1) is 24.5. The second kappa shape index (κ2) is 8.32. The van der Waals surface area contributed by atoms with Gasteiger partial charge in [0.2, 0.25) is 5.43 Å². The van der Waals surface area contributed by atoms with E-state index < -0.39 is 29.7 Å². The van der Waals surface area contributed by atoms with Crippen LogP contribution in [0.2, 0.25) is 0 Å². The second-order valence-corrected chi connectivity index (χ2v) is 10.4. The predicted molar refractivity (Wildman–Crippen MR) is 125 cm³/mol. The third kappa shape index (κ3) is 4.23. The van der Waals surface area contributed by atoms with Crippen LogP contribution in [0.1, 0.15) is 71.8 Å². The van der Waals surface area contributed by atoms with Crippen LogP contribution in [0, 0.1) is 5.41 Å². The first-order valence-electron chi connectivity index (χ1n) is 11.1. The molecule has 0 amide bonds. The van der Waals surface area contributed by atoms with E-state index in [0.29, 0.717) is 16.4 Å². The van der Waals surface area contributed by atoms with E-state index in [1.807, 2.05) is 60.6 Å². The number of pyridine rings is 1. The summed E-state index contributed by atoms with van der Waals surface area (Å²) in [4.78, 5) is 25.9. The maximum absolute atomic E-state index is 13.3. The number of ether oxygens (including phenoxy) is 1. The molecule has 2 heterocycles. The predicted octanol–water partition coefficient (Wildman–Crippen LogP) is 3.06. The maximum atomic E-state index is 13.3. The van der Waals surface area contributed by atoms with Crippen LogP contribution in [0.15, 0.2) is 29.2 Å². The summed E-state index contributed by atoms with van der Waals surface area (Å²) in [6.45, 7) is 15.6. The fraction of sp³-hybridized carbons (Fsp3) is 0.583. The van der Waals surface area contributed by atoms with Gasteiger partial charge in [-0.3, -0.25) is 4.79 Å². The molecule has 1 N–H and O–H groups in total. The monoisotopic (exact) mass is 443 g/mol.